The van der Waals surface area contributed by atoms with Crippen LogP contribution in [0.15, 0.2) is 47.4 Å². The highest BCUT2D eigenvalue weighted by Gasteiger charge is 2.33. The fourth-order valence-corrected chi connectivity index (χ4v) is 4.23. The molecule has 0 bridgehead atoms. The lowest BCUT2D eigenvalue weighted by Crippen LogP contribution is -2.07. The Bertz CT molecular complexity index is 1230. The summed E-state index contributed by atoms with van der Waals surface area (Å²) >= 11 is 6.64. The predicted octanol–water partition coefficient (Wildman–Crippen LogP) is 5.02. The van der Waals surface area contributed by atoms with Crippen LogP contribution in [0.5, 0.6) is 0 Å². The molecule has 5 nitrogen and oxygen atoms in total. The van der Waals surface area contributed by atoms with Crippen molar-refractivity contribution in [2.45, 2.75) is 11.1 Å². The van der Waals surface area contributed by atoms with Crippen LogP contribution in [0.4, 0.5) is 18.3 Å². The molecule has 152 valence electrons. The van der Waals surface area contributed by atoms with Gasteiger partial charge in [0.25, 0.3) is 0 Å². The van der Waals surface area contributed by atoms with Crippen LogP contribution in [0.3, 0.4) is 0 Å². The molecule has 3 aromatic rings. The molecule has 0 saturated carbocycles. The average Bonchev–Trinajstić information content (AvgIpc) is 3.00. The topological polar surface area (TPSA) is 76.1 Å². The Morgan fingerprint density at radius 3 is 2.59 bits per heavy atom. The number of nitrogens with one attached hydrogen (secondary N) is 1. The van der Waals surface area contributed by atoms with Crippen LogP contribution in [-0.2, 0) is 20.8 Å². The van der Waals surface area contributed by atoms with Crippen molar-refractivity contribution in [3.05, 3.63) is 58.6 Å². The van der Waals surface area contributed by atoms with Gasteiger partial charge in [0.05, 0.1) is 25.7 Å². The number of nitrogens with zero attached hydrogens (tertiary/aromatic N) is 1. The van der Waals surface area contributed by atoms with E-state index in [2.05, 4.69) is 10.3 Å². The SMILES string of the molecule is CS(=O)(=O)c1ccc2nc(NC(=O)/C=C/c3ccc(Cl)c(C(F)(F)F)c3)sc2c1. The number of hydrogen-bond donors (Lipinski definition) is 1. The van der Waals surface area contributed by atoms with Crippen molar-refractivity contribution in [1.29, 1.82) is 0 Å². The first-order chi connectivity index (χ1) is 13.4. The zero-order chi connectivity index (χ0) is 21.4. The van der Waals surface area contributed by atoms with Gasteiger partial charge in [-0.05, 0) is 42.0 Å². The number of aromatic nitrogens is 1. The van der Waals surface area contributed by atoms with E-state index in [1.807, 2.05) is 0 Å². The number of hydrogen-bond acceptors (Lipinski definition) is 5. The first-order valence-electron chi connectivity index (χ1n) is 7.90. The lowest BCUT2D eigenvalue weighted by atomic mass is 10.1. The lowest BCUT2D eigenvalue weighted by molar-refractivity contribution is -0.137. The Morgan fingerprint density at radius 2 is 1.93 bits per heavy atom. The standard InChI is InChI=1S/C18H12ClF3N2O3S2/c1-29(26,27)11-4-6-14-15(9-11)28-17(23-14)24-16(25)7-3-10-2-5-13(19)12(8-10)18(20,21)22/h2-9H,1H3,(H,23,24,25)/b7-3+. The molecule has 1 heterocycles. The number of amides is 1. The normalized spacial score (nSPS) is 12.6. The van der Waals surface area contributed by atoms with Crippen LogP contribution in [0.2, 0.25) is 5.02 Å². The molecule has 0 saturated heterocycles. The number of halogens is 4. The Balaban J connectivity index is 1.77. The summed E-state index contributed by atoms with van der Waals surface area (Å²) in [6, 6.07) is 7.71. The number of alkyl halides is 3. The van der Waals surface area contributed by atoms with Gasteiger partial charge in [0.1, 0.15) is 0 Å². The molecular formula is C18H12ClF3N2O3S2. The van der Waals surface area contributed by atoms with Crippen LogP contribution in [0.1, 0.15) is 11.1 Å². The van der Waals surface area contributed by atoms with E-state index in [4.69, 9.17) is 11.6 Å². The molecule has 2 aromatic carbocycles. The maximum absolute atomic E-state index is 12.9. The molecule has 0 fully saturated rings. The average molecular weight is 461 g/mol. The van der Waals surface area contributed by atoms with Crippen LogP contribution in [-0.4, -0.2) is 25.6 Å². The Morgan fingerprint density at radius 1 is 1.21 bits per heavy atom. The predicted molar refractivity (Wildman–Crippen MR) is 107 cm³/mol. The minimum absolute atomic E-state index is 0.134. The highest BCUT2D eigenvalue weighted by Crippen LogP contribution is 2.35. The summed E-state index contributed by atoms with van der Waals surface area (Å²) in [5.41, 5.74) is -0.331. The zero-order valence-electron chi connectivity index (χ0n) is 14.6. The Hall–Kier alpha value is -2.43. The van der Waals surface area contributed by atoms with Crippen molar-refractivity contribution in [1.82, 2.24) is 4.98 Å². The van der Waals surface area contributed by atoms with E-state index < -0.39 is 32.5 Å². The molecule has 29 heavy (non-hydrogen) atoms. The summed E-state index contributed by atoms with van der Waals surface area (Å²) in [4.78, 5) is 16.4. The summed E-state index contributed by atoms with van der Waals surface area (Å²) < 4.78 is 62.5. The minimum atomic E-state index is -4.60. The highest BCUT2D eigenvalue weighted by atomic mass is 35.5. The molecule has 1 aromatic heterocycles. The summed E-state index contributed by atoms with van der Waals surface area (Å²) in [6.07, 6.45) is -1.23. The maximum Gasteiger partial charge on any atom is 0.417 e. The number of thiazole rings is 1. The maximum atomic E-state index is 12.9. The smallest absolute Gasteiger partial charge is 0.298 e. The van der Waals surface area contributed by atoms with E-state index >= 15 is 0 Å². The van der Waals surface area contributed by atoms with Gasteiger partial charge in [0, 0.05) is 12.3 Å². The van der Waals surface area contributed by atoms with E-state index in [0.717, 1.165) is 35.8 Å². The minimum Gasteiger partial charge on any atom is -0.298 e. The number of carbonyl (C=O) groups excluding carboxylic acids is 1. The first kappa shape index (κ1) is 21.3. The molecule has 11 heteroatoms. The number of fused-ring (bicyclic) bond motifs is 1. The van der Waals surface area contributed by atoms with Crippen LogP contribution in [0.25, 0.3) is 16.3 Å². The third-order valence-corrected chi connectivity index (χ3v) is 6.11. The third-order valence-electron chi connectivity index (χ3n) is 3.74. The fourth-order valence-electron chi connectivity index (χ4n) is 2.37. The van der Waals surface area contributed by atoms with Crippen LogP contribution in [0, 0.1) is 0 Å². The largest absolute Gasteiger partial charge is 0.417 e. The second-order valence-electron chi connectivity index (χ2n) is 5.98. The first-order valence-corrected chi connectivity index (χ1v) is 11.0. The molecule has 1 amide bonds. The van der Waals surface area contributed by atoms with Crippen molar-refractivity contribution in [2.24, 2.45) is 0 Å². The van der Waals surface area contributed by atoms with Gasteiger partial charge < -0.3 is 0 Å². The summed E-state index contributed by atoms with van der Waals surface area (Å²) in [5, 5.41) is 2.30. The monoisotopic (exact) mass is 460 g/mol. The van der Waals surface area contributed by atoms with Crippen molar-refractivity contribution >= 4 is 60.1 Å². The van der Waals surface area contributed by atoms with Gasteiger partial charge in [0.15, 0.2) is 15.0 Å². The number of carbonyl (C=O) groups is 1. The second kappa shape index (κ2) is 7.77. The number of anilines is 1. The molecule has 0 aliphatic heterocycles. The third kappa shape index (κ3) is 5.14. The van der Waals surface area contributed by atoms with E-state index in [1.54, 1.807) is 0 Å². The van der Waals surface area contributed by atoms with Crippen LogP contribution >= 0.6 is 22.9 Å². The van der Waals surface area contributed by atoms with Crippen molar-refractivity contribution in [2.75, 3.05) is 11.6 Å². The highest BCUT2D eigenvalue weighted by molar-refractivity contribution is 7.90. The summed E-state index contributed by atoms with van der Waals surface area (Å²) in [5.74, 6) is -0.601. The van der Waals surface area contributed by atoms with E-state index in [9.17, 15) is 26.4 Å². The number of rotatable bonds is 4. The Labute approximate surface area is 172 Å². The molecule has 0 radical (unpaired) electrons. The van der Waals surface area contributed by atoms with Gasteiger partial charge >= 0.3 is 6.18 Å². The van der Waals surface area contributed by atoms with E-state index in [-0.39, 0.29) is 15.6 Å². The molecule has 1 N–H and O–H groups in total. The van der Waals surface area contributed by atoms with Gasteiger partial charge in [-0.25, -0.2) is 13.4 Å². The lowest BCUT2D eigenvalue weighted by Gasteiger charge is -2.09. The van der Waals surface area contributed by atoms with Crippen molar-refractivity contribution in [3.63, 3.8) is 0 Å². The second-order valence-corrected chi connectivity index (χ2v) is 9.43. The van der Waals surface area contributed by atoms with Gasteiger partial charge in [-0.3, -0.25) is 10.1 Å². The van der Waals surface area contributed by atoms with E-state index in [1.165, 1.54) is 30.3 Å². The molecule has 0 aliphatic rings. The van der Waals surface area contributed by atoms with Crippen molar-refractivity contribution < 1.29 is 26.4 Å². The summed E-state index contributed by atoms with van der Waals surface area (Å²) in [6.45, 7) is 0. The summed E-state index contributed by atoms with van der Waals surface area (Å²) in [7, 11) is -3.37. The van der Waals surface area contributed by atoms with Gasteiger partial charge in [-0.15, -0.1) is 0 Å². The number of benzene rings is 2. The fraction of sp³-hybridized carbons (Fsp3) is 0.111. The molecule has 0 spiro atoms. The van der Waals surface area contributed by atoms with E-state index in [0.29, 0.717) is 10.2 Å². The number of sulfone groups is 1. The van der Waals surface area contributed by atoms with Crippen molar-refractivity contribution in [3.8, 4) is 0 Å². The molecule has 0 unspecified atom stereocenters. The molecule has 3 rings (SSSR count). The van der Waals surface area contributed by atoms with Gasteiger partial charge in [-0.2, -0.15) is 13.2 Å². The molecular weight excluding hydrogens is 449 g/mol. The molecule has 0 aliphatic carbocycles. The zero-order valence-corrected chi connectivity index (χ0v) is 17.0. The van der Waals surface area contributed by atoms with Gasteiger partial charge in [0.2, 0.25) is 5.91 Å². The quantitative estimate of drug-likeness (QED) is 0.554. The van der Waals surface area contributed by atoms with Gasteiger partial charge in [-0.1, -0.05) is 29.0 Å². The van der Waals surface area contributed by atoms with Crippen LogP contribution < -0.4 is 5.32 Å². The molecule has 0 atom stereocenters. The Kier molecular flexibility index (Phi) is 5.70.